The summed E-state index contributed by atoms with van der Waals surface area (Å²) in [6.07, 6.45) is 0. The Bertz CT molecular complexity index is 1000. The average Bonchev–Trinajstić information content (AvgIpc) is 3.04. The van der Waals surface area contributed by atoms with Crippen LogP contribution in [0.25, 0.3) is 0 Å². The van der Waals surface area contributed by atoms with Gasteiger partial charge in [0.25, 0.3) is 5.91 Å². The lowest BCUT2D eigenvalue weighted by Gasteiger charge is -2.06. The average molecular weight is 417 g/mol. The molecule has 0 fully saturated rings. The first-order chi connectivity index (χ1) is 13.4. The van der Waals surface area contributed by atoms with Crippen molar-refractivity contribution < 1.29 is 14.3 Å². The Morgan fingerprint density at radius 1 is 1.04 bits per heavy atom. The van der Waals surface area contributed by atoms with Crippen molar-refractivity contribution in [2.45, 2.75) is 6.92 Å². The highest BCUT2D eigenvalue weighted by Crippen LogP contribution is 2.25. The van der Waals surface area contributed by atoms with E-state index in [9.17, 15) is 9.59 Å². The highest BCUT2D eigenvalue weighted by Gasteiger charge is 2.17. The molecule has 0 aliphatic heterocycles. The molecule has 2 aromatic carbocycles. The lowest BCUT2D eigenvalue weighted by molar-refractivity contribution is 0.103. The molecule has 3 aromatic rings. The van der Waals surface area contributed by atoms with Crippen LogP contribution in [0.4, 0.5) is 21.3 Å². The van der Waals surface area contributed by atoms with Crippen molar-refractivity contribution in [3.05, 3.63) is 64.1 Å². The van der Waals surface area contributed by atoms with Crippen LogP contribution in [0, 0.1) is 6.92 Å². The number of benzene rings is 2. The summed E-state index contributed by atoms with van der Waals surface area (Å²) in [6, 6.07) is 13.3. The summed E-state index contributed by atoms with van der Waals surface area (Å²) in [6.45, 7) is 1.71. The van der Waals surface area contributed by atoms with Gasteiger partial charge < -0.3 is 15.4 Å². The zero-order valence-electron chi connectivity index (χ0n) is 15.1. The molecule has 7 nitrogen and oxygen atoms in total. The highest BCUT2D eigenvalue weighted by molar-refractivity contribution is 7.17. The zero-order valence-corrected chi connectivity index (χ0v) is 16.6. The number of carbonyl (C=O) groups excluding carboxylic acids is 2. The second-order valence-electron chi connectivity index (χ2n) is 5.71. The summed E-state index contributed by atoms with van der Waals surface area (Å²) in [5.41, 5.74) is 1.71. The Labute approximate surface area is 170 Å². The first kappa shape index (κ1) is 19.7. The zero-order chi connectivity index (χ0) is 20.1. The van der Waals surface area contributed by atoms with Gasteiger partial charge in [0.2, 0.25) is 0 Å². The number of aryl methyl sites for hydroxylation is 1. The SMILES string of the molecule is COc1cccc(NC(=O)c2sc(NC(=O)Nc3ccc(Cl)cc3)nc2C)c1. The van der Waals surface area contributed by atoms with Gasteiger partial charge in [0.05, 0.1) is 12.8 Å². The molecule has 9 heteroatoms. The highest BCUT2D eigenvalue weighted by atomic mass is 35.5. The van der Waals surface area contributed by atoms with Crippen molar-refractivity contribution >= 4 is 51.4 Å². The number of hydrogen-bond donors (Lipinski definition) is 3. The fourth-order valence-electron chi connectivity index (χ4n) is 2.34. The first-order valence-corrected chi connectivity index (χ1v) is 9.40. The Morgan fingerprint density at radius 3 is 2.50 bits per heavy atom. The predicted octanol–water partition coefficient (Wildman–Crippen LogP) is 5.01. The topological polar surface area (TPSA) is 92.4 Å². The Morgan fingerprint density at radius 2 is 1.79 bits per heavy atom. The van der Waals surface area contributed by atoms with E-state index < -0.39 is 6.03 Å². The van der Waals surface area contributed by atoms with Crippen LogP contribution in [0.1, 0.15) is 15.4 Å². The number of methoxy groups -OCH3 is 1. The molecular weight excluding hydrogens is 400 g/mol. The van der Waals surface area contributed by atoms with E-state index in [4.69, 9.17) is 16.3 Å². The van der Waals surface area contributed by atoms with Gasteiger partial charge in [0.15, 0.2) is 5.13 Å². The van der Waals surface area contributed by atoms with Crippen LogP contribution in [0.15, 0.2) is 48.5 Å². The van der Waals surface area contributed by atoms with Crippen molar-refractivity contribution in [2.24, 2.45) is 0 Å². The van der Waals surface area contributed by atoms with Gasteiger partial charge in [-0.05, 0) is 43.3 Å². The van der Waals surface area contributed by atoms with Gasteiger partial charge in [0.1, 0.15) is 10.6 Å². The maximum Gasteiger partial charge on any atom is 0.325 e. The summed E-state index contributed by atoms with van der Waals surface area (Å²) < 4.78 is 5.15. The minimum atomic E-state index is -0.462. The summed E-state index contributed by atoms with van der Waals surface area (Å²) >= 11 is 6.91. The Kier molecular flexibility index (Phi) is 6.13. The molecule has 0 saturated carbocycles. The lowest BCUT2D eigenvalue weighted by Crippen LogP contribution is -2.19. The maximum atomic E-state index is 12.5. The largest absolute Gasteiger partial charge is 0.497 e. The molecule has 0 bridgehead atoms. The predicted molar refractivity (Wildman–Crippen MR) is 112 cm³/mol. The molecule has 0 atom stereocenters. The molecule has 0 aliphatic carbocycles. The third kappa shape index (κ3) is 4.99. The molecule has 0 radical (unpaired) electrons. The van der Waals surface area contributed by atoms with E-state index in [0.717, 1.165) is 11.3 Å². The van der Waals surface area contributed by atoms with Gasteiger partial charge in [-0.3, -0.25) is 10.1 Å². The quantitative estimate of drug-likeness (QED) is 0.545. The van der Waals surface area contributed by atoms with Gasteiger partial charge in [-0.1, -0.05) is 29.0 Å². The van der Waals surface area contributed by atoms with E-state index in [1.165, 1.54) is 0 Å². The van der Waals surface area contributed by atoms with Gasteiger partial charge in [-0.15, -0.1) is 0 Å². The van der Waals surface area contributed by atoms with Gasteiger partial charge in [0, 0.05) is 22.5 Å². The smallest absolute Gasteiger partial charge is 0.325 e. The van der Waals surface area contributed by atoms with E-state index in [0.29, 0.717) is 37.8 Å². The standard InChI is InChI=1S/C19H17ClN4O3S/c1-11-16(17(25)22-14-4-3-5-15(10-14)27-2)28-19(21-11)24-18(26)23-13-8-6-12(20)7-9-13/h3-10H,1-2H3,(H,22,25)(H2,21,23,24,26). The third-order valence-electron chi connectivity index (χ3n) is 3.65. The van der Waals surface area contributed by atoms with E-state index in [1.54, 1.807) is 62.6 Å². The van der Waals surface area contributed by atoms with E-state index >= 15 is 0 Å². The van der Waals surface area contributed by atoms with Crippen LogP contribution in [-0.2, 0) is 0 Å². The number of aromatic nitrogens is 1. The molecule has 3 N–H and O–H groups in total. The number of thiazole rings is 1. The number of ether oxygens (including phenoxy) is 1. The van der Waals surface area contributed by atoms with Gasteiger partial charge >= 0.3 is 6.03 Å². The monoisotopic (exact) mass is 416 g/mol. The number of anilines is 3. The maximum absolute atomic E-state index is 12.5. The molecule has 0 saturated heterocycles. The second kappa shape index (κ2) is 8.73. The van der Waals surface area contributed by atoms with Crippen molar-refractivity contribution in [1.29, 1.82) is 0 Å². The Hall–Kier alpha value is -3.10. The van der Waals surface area contributed by atoms with Crippen LogP contribution in [0.2, 0.25) is 5.02 Å². The van der Waals surface area contributed by atoms with Crippen molar-refractivity contribution in [1.82, 2.24) is 4.98 Å². The van der Waals surface area contributed by atoms with Crippen LogP contribution < -0.4 is 20.7 Å². The number of amides is 3. The number of rotatable bonds is 5. The van der Waals surface area contributed by atoms with E-state index in [-0.39, 0.29) is 5.91 Å². The molecule has 1 heterocycles. The lowest BCUT2D eigenvalue weighted by atomic mass is 10.3. The fraction of sp³-hybridized carbons (Fsp3) is 0.105. The molecule has 1 aromatic heterocycles. The molecule has 0 spiro atoms. The number of hydrogen-bond acceptors (Lipinski definition) is 5. The normalized spacial score (nSPS) is 10.2. The second-order valence-corrected chi connectivity index (χ2v) is 7.14. The summed E-state index contributed by atoms with van der Waals surface area (Å²) in [5.74, 6) is 0.328. The van der Waals surface area contributed by atoms with E-state index in [1.807, 2.05) is 0 Å². The molecule has 3 rings (SSSR count). The molecule has 0 aliphatic rings. The van der Waals surface area contributed by atoms with Crippen LogP contribution in [-0.4, -0.2) is 24.0 Å². The van der Waals surface area contributed by atoms with Crippen LogP contribution in [0.5, 0.6) is 5.75 Å². The van der Waals surface area contributed by atoms with Crippen molar-refractivity contribution in [3.8, 4) is 5.75 Å². The van der Waals surface area contributed by atoms with Gasteiger partial charge in [-0.2, -0.15) is 0 Å². The van der Waals surface area contributed by atoms with Crippen molar-refractivity contribution in [3.63, 3.8) is 0 Å². The molecule has 144 valence electrons. The number of urea groups is 1. The number of nitrogens with zero attached hydrogens (tertiary/aromatic N) is 1. The fourth-order valence-corrected chi connectivity index (χ4v) is 3.32. The first-order valence-electron chi connectivity index (χ1n) is 8.21. The van der Waals surface area contributed by atoms with Crippen molar-refractivity contribution in [2.75, 3.05) is 23.1 Å². The number of nitrogens with one attached hydrogen (secondary N) is 3. The minimum Gasteiger partial charge on any atom is -0.497 e. The van der Waals surface area contributed by atoms with Crippen LogP contribution in [0.3, 0.4) is 0 Å². The third-order valence-corrected chi connectivity index (χ3v) is 4.98. The molecule has 0 unspecified atom stereocenters. The van der Waals surface area contributed by atoms with Crippen LogP contribution >= 0.6 is 22.9 Å². The molecular formula is C19H17ClN4O3S. The Balaban J connectivity index is 1.65. The molecule has 28 heavy (non-hydrogen) atoms. The summed E-state index contributed by atoms with van der Waals surface area (Å²) in [7, 11) is 1.56. The van der Waals surface area contributed by atoms with E-state index in [2.05, 4.69) is 20.9 Å². The number of carbonyl (C=O) groups is 2. The number of halogens is 1. The molecule has 3 amide bonds. The van der Waals surface area contributed by atoms with Gasteiger partial charge in [-0.25, -0.2) is 9.78 Å². The summed E-state index contributed by atoms with van der Waals surface area (Å²) in [4.78, 5) is 29.3. The summed E-state index contributed by atoms with van der Waals surface area (Å²) in [5, 5.41) is 8.99. The minimum absolute atomic E-state index is 0.311.